The fourth-order valence-electron chi connectivity index (χ4n) is 5.49. The fraction of sp³-hybridized carbons (Fsp3) is 0.286. The van der Waals surface area contributed by atoms with Crippen LogP contribution in [0.3, 0.4) is 0 Å². The number of rotatable bonds is 7. The maximum Gasteiger partial charge on any atom is 0.269 e. The van der Waals surface area contributed by atoms with Crippen molar-refractivity contribution in [3.05, 3.63) is 110 Å². The van der Waals surface area contributed by atoms with Crippen LogP contribution < -0.4 is 10.5 Å². The molecule has 0 unspecified atom stereocenters. The summed E-state index contributed by atoms with van der Waals surface area (Å²) in [5, 5.41) is 24.6. The first-order valence-corrected chi connectivity index (χ1v) is 13.0. The van der Waals surface area contributed by atoms with Gasteiger partial charge in [0.2, 0.25) is 0 Å². The largest absolute Gasteiger partial charge is 0.467 e. The molecule has 12 nitrogen and oxygen atoms in total. The number of nitrogens with zero attached hydrogens (tertiary/aromatic N) is 7. The zero-order chi connectivity index (χ0) is 27.8. The van der Waals surface area contributed by atoms with E-state index in [4.69, 9.17) is 4.42 Å². The monoisotopic (exact) mass is 540 g/mol. The Morgan fingerprint density at radius 1 is 1.07 bits per heavy atom. The molecule has 1 fully saturated rings. The Hall–Kier alpha value is -4.84. The predicted molar refractivity (Wildman–Crippen MR) is 148 cm³/mol. The second kappa shape index (κ2) is 10.4. The maximum atomic E-state index is 13.6. The molecule has 0 aliphatic carbocycles. The number of piperazine rings is 1. The number of aromatic nitrogens is 5. The van der Waals surface area contributed by atoms with Gasteiger partial charge in [-0.2, -0.15) is 0 Å². The van der Waals surface area contributed by atoms with Crippen LogP contribution in [0.5, 0.6) is 0 Å². The molecule has 5 aromatic rings. The van der Waals surface area contributed by atoms with Crippen LogP contribution in [0, 0.1) is 24.0 Å². The number of non-ortho nitro benzene ring substituents is 1. The molecule has 1 atom stereocenters. The number of anilines is 1. The van der Waals surface area contributed by atoms with Gasteiger partial charge in [0.15, 0.2) is 5.82 Å². The number of fused-ring (bicyclic) bond motifs is 1. The van der Waals surface area contributed by atoms with E-state index in [1.54, 1.807) is 23.1 Å². The van der Waals surface area contributed by atoms with Crippen LogP contribution in [-0.2, 0) is 6.54 Å². The number of nitro benzene ring substituents is 1. The fourth-order valence-corrected chi connectivity index (χ4v) is 5.49. The summed E-state index contributed by atoms with van der Waals surface area (Å²) in [6, 6.07) is 15.8. The molecule has 204 valence electrons. The summed E-state index contributed by atoms with van der Waals surface area (Å²) in [6.45, 7) is 6.96. The molecule has 0 amide bonds. The Labute approximate surface area is 229 Å². The molecule has 0 saturated carbocycles. The van der Waals surface area contributed by atoms with Gasteiger partial charge in [-0.3, -0.25) is 19.8 Å². The van der Waals surface area contributed by atoms with Crippen LogP contribution in [0.25, 0.3) is 10.9 Å². The van der Waals surface area contributed by atoms with Gasteiger partial charge in [0.05, 0.1) is 11.2 Å². The molecule has 1 aliphatic rings. The van der Waals surface area contributed by atoms with Gasteiger partial charge in [-0.05, 0) is 71.8 Å². The molecule has 40 heavy (non-hydrogen) atoms. The smallest absolute Gasteiger partial charge is 0.269 e. The molecule has 3 aromatic heterocycles. The van der Waals surface area contributed by atoms with Crippen molar-refractivity contribution in [2.75, 3.05) is 31.1 Å². The molecular formula is C28H28N8O4. The van der Waals surface area contributed by atoms with E-state index in [1.807, 2.05) is 38.1 Å². The number of hydrogen-bond donors (Lipinski definition) is 1. The highest BCUT2D eigenvalue weighted by Gasteiger charge is 2.33. The molecule has 0 bridgehead atoms. The van der Waals surface area contributed by atoms with E-state index < -0.39 is 11.0 Å². The lowest BCUT2D eigenvalue weighted by atomic mass is 9.99. The number of aromatic amines is 1. The van der Waals surface area contributed by atoms with Crippen molar-refractivity contribution >= 4 is 22.3 Å². The Balaban J connectivity index is 1.37. The van der Waals surface area contributed by atoms with Crippen molar-refractivity contribution in [3.63, 3.8) is 0 Å². The van der Waals surface area contributed by atoms with Crippen LogP contribution >= 0.6 is 0 Å². The number of tetrazole rings is 1. The van der Waals surface area contributed by atoms with E-state index in [9.17, 15) is 14.9 Å². The van der Waals surface area contributed by atoms with Crippen LogP contribution in [-0.4, -0.2) is 61.2 Å². The van der Waals surface area contributed by atoms with Crippen molar-refractivity contribution in [1.82, 2.24) is 30.1 Å². The van der Waals surface area contributed by atoms with E-state index >= 15 is 0 Å². The minimum absolute atomic E-state index is 0.0619. The van der Waals surface area contributed by atoms with Gasteiger partial charge < -0.3 is 14.3 Å². The molecular weight excluding hydrogens is 512 g/mol. The lowest BCUT2D eigenvalue weighted by Crippen LogP contribution is -2.49. The average molecular weight is 541 g/mol. The lowest BCUT2D eigenvalue weighted by Gasteiger charge is -2.39. The first-order chi connectivity index (χ1) is 19.4. The van der Waals surface area contributed by atoms with Gasteiger partial charge >= 0.3 is 0 Å². The Bertz CT molecular complexity index is 1720. The van der Waals surface area contributed by atoms with E-state index in [-0.39, 0.29) is 11.2 Å². The summed E-state index contributed by atoms with van der Waals surface area (Å²) in [7, 11) is 0. The van der Waals surface area contributed by atoms with Crippen molar-refractivity contribution in [3.8, 4) is 0 Å². The normalized spacial score (nSPS) is 15.0. The first-order valence-electron chi connectivity index (χ1n) is 13.0. The summed E-state index contributed by atoms with van der Waals surface area (Å²) in [5.41, 5.74) is 4.31. The van der Waals surface area contributed by atoms with Crippen LogP contribution in [0.1, 0.15) is 34.3 Å². The third-order valence-corrected chi connectivity index (χ3v) is 7.43. The van der Waals surface area contributed by atoms with Crippen LogP contribution in [0.4, 0.5) is 11.4 Å². The van der Waals surface area contributed by atoms with E-state index in [0.717, 1.165) is 27.7 Å². The van der Waals surface area contributed by atoms with Crippen LogP contribution in [0.15, 0.2) is 70.1 Å². The number of furan rings is 1. The van der Waals surface area contributed by atoms with Crippen molar-refractivity contribution in [1.29, 1.82) is 0 Å². The second-order valence-electron chi connectivity index (χ2n) is 10.1. The van der Waals surface area contributed by atoms with Gasteiger partial charge in [-0.25, -0.2) is 4.68 Å². The van der Waals surface area contributed by atoms with Crippen molar-refractivity contribution in [2.45, 2.75) is 26.4 Å². The number of hydrogen-bond acceptors (Lipinski definition) is 9. The Kier molecular flexibility index (Phi) is 6.60. The molecule has 0 spiro atoms. The van der Waals surface area contributed by atoms with Gasteiger partial charge in [0, 0.05) is 60.5 Å². The van der Waals surface area contributed by atoms with Gasteiger partial charge in [-0.1, -0.05) is 6.07 Å². The molecule has 1 saturated heterocycles. The summed E-state index contributed by atoms with van der Waals surface area (Å²) >= 11 is 0. The molecule has 1 aliphatic heterocycles. The molecule has 0 radical (unpaired) electrons. The molecule has 1 N–H and O–H groups in total. The topological polar surface area (TPSA) is 139 Å². The van der Waals surface area contributed by atoms with Crippen molar-refractivity contribution in [2.24, 2.45) is 0 Å². The predicted octanol–water partition coefficient (Wildman–Crippen LogP) is 3.59. The number of nitrogens with one attached hydrogen (secondary N) is 1. The lowest BCUT2D eigenvalue weighted by molar-refractivity contribution is -0.384. The van der Waals surface area contributed by atoms with Gasteiger partial charge in [0.1, 0.15) is 18.3 Å². The molecule has 6 rings (SSSR count). The summed E-state index contributed by atoms with van der Waals surface area (Å²) in [6.07, 6.45) is 1.60. The first kappa shape index (κ1) is 25.4. The van der Waals surface area contributed by atoms with Crippen LogP contribution in [0.2, 0.25) is 0 Å². The van der Waals surface area contributed by atoms with E-state index in [2.05, 4.69) is 36.4 Å². The zero-order valence-corrected chi connectivity index (χ0v) is 22.1. The molecule has 2 aromatic carbocycles. The quantitative estimate of drug-likeness (QED) is 0.242. The van der Waals surface area contributed by atoms with Gasteiger partial charge in [-0.15, -0.1) is 5.10 Å². The molecule has 4 heterocycles. The summed E-state index contributed by atoms with van der Waals surface area (Å²) in [5.74, 6) is 1.25. The molecule has 12 heteroatoms. The summed E-state index contributed by atoms with van der Waals surface area (Å²) < 4.78 is 7.22. The second-order valence-corrected chi connectivity index (χ2v) is 10.1. The SMILES string of the molecule is Cc1cc(C)c2cc([C@@H](c3nnnn3Cc3ccco3)N3CCN(c4ccc([N+](=O)[O-])cc4)CC3)c(=O)[nH]c2c1. The van der Waals surface area contributed by atoms with E-state index in [0.29, 0.717) is 49.9 Å². The van der Waals surface area contributed by atoms with Gasteiger partial charge in [0.25, 0.3) is 11.2 Å². The minimum atomic E-state index is -0.502. The highest BCUT2D eigenvalue weighted by Crippen LogP contribution is 2.30. The Morgan fingerprint density at radius 3 is 2.55 bits per heavy atom. The maximum absolute atomic E-state index is 13.6. The number of nitro groups is 1. The zero-order valence-electron chi connectivity index (χ0n) is 22.1. The number of aryl methyl sites for hydroxylation is 2. The minimum Gasteiger partial charge on any atom is -0.467 e. The standard InChI is InChI=1S/C28H28N8O4/c1-18-14-19(2)23-16-24(28(37)29-25(23)15-18)26(27-30-31-32-35(27)17-22-4-3-13-40-22)34-11-9-33(10-12-34)20-5-7-21(8-6-20)36(38)39/h3-8,13-16,26H,9-12,17H2,1-2H3,(H,29,37)/t26-/m0/s1. The van der Waals surface area contributed by atoms with E-state index in [1.165, 1.54) is 12.1 Å². The Morgan fingerprint density at radius 2 is 1.85 bits per heavy atom. The number of benzene rings is 2. The average Bonchev–Trinajstić information content (AvgIpc) is 3.63. The van der Waals surface area contributed by atoms with Crippen molar-refractivity contribution < 1.29 is 9.34 Å². The number of pyridine rings is 1. The summed E-state index contributed by atoms with van der Waals surface area (Å²) in [4.78, 5) is 31.7. The third kappa shape index (κ3) is 4.84. The highest BCUT2D eigenvalue weighted by molar-refractivity contribution is 5.83. The third-order valence-electron chi connectivity index (χ3n) is 7.43. The highest BCUT2D eigenvalue weighted by atomic mass is 16.6. The number of H-pyrrole nitrogens is 1.